The minimum atomic E-state index is -0.966. The molecule has 1 aliphatic rings. The van der Waals surface area contributed by atoms with Crippen LogP contribution < -0.4 is 4.90 Å². The Bertz CT molecular complexity index is 470. The maximum atomic E-state index is 11.4. The van der Waals surface area contributed by atoms with E-state index in [0.29, 0.717) is 18.3 Å². The maximum absolute atomic E-state index is 11.4. The molecule has 0 unspecified atom stereocenters. The molecular weight excluding hydrogens is 256 g/mol. The topological polar surface area (TPSA) is 73.7 Å². The summed E-state index contributed by atoms with van der Waals surface area (Å²) in [4.78, 5) is 17.5. The van der Waals surface area contributed by atoms with Crippen molar-refractivity contribution in [1.82, 2.24) is 4.98 Å². The molecule has 0 aliphatic heterocycles. The van der Waals surface area contributed by atoms with Gasteiger partial charge < -0.3 is 15.1 Å². The molecule has 5 heteroatoms. The van der Waals surface area contributed by atoms with Gasteiger partial charge >= 0.3 is 5.97 Å². The van der Waals surface area contributed by atoms with Gasteiger partial charge in [0.2, 0.25) is 0 Å². The van der Waals surface area contributed by atoms with Gasteiger partial charge in [-0.1, -0.05) is 19.3 Å². The first-order chi connectivity index (χ1) is 9.63. The second-order valence-corrected chi connectivity index (χ2v) is 5.36. The van der Waals surface area contributed by atoms with Gasteiger partial charge in [-0.3, -0.25) is 4.98 Å². The quantitative estimate of drug-likeness (QED) is 0.864. The number of hydrogen-bond donors (Lipinski definition) is 2. The van der Waals surface area contributed by atoms with Crippen molar-refractivity contribution in [1.29, 1.82) is 0 Å². The Morgan fingerprint density at radius 1 is 1.40 bits per heavy atom. The summed E-state index contributed by atoms with van der Waals surface area (Å²) in [7, 11) is 0. The Morgan fingerprint density at radius 2 is 2.10 bits per heavy atom. The number of carboxylic acids is 1. The number of hydrogen-bond acceptors (Lipinski definition) is 4. The molecule has 1 saturated carbocycles. The Labute approximate surface area is 119 Å². The van der Waals surface area contributed by atoms with Crippen LogP contribution in [-0.4, -0.2) is 40.4 Å². The fourth-order valence-electron chi connectivity index (χ4n) is 2.95. The van der Waals surface area contributed by atoms with Crippen LogP contribution in [0.15, 0.2) is 12.3 Å². The van der Waals surface area contributed by atoms with Crippen LogP contribution in [0.4, 0.5) is 5.69 Å². The van der Waals surface area contributed by atoms with Crippen LogP contribution in [0.2, 0.25) is 0 Å². The van der Waals surface area contributed by atoms with Gasteiger partial charge in [-0.25, -0.2) is 4.79 Å². The summed E-state index contributed by atoms with van der Waals surface area (Å²) in [6.07, 6.45) is 7.10. The van der Waals surface area contributed by atoms with E-state index < -0.39 is 5.97 Å². The number of aromatic nitrogens is 1. The molecule has 0 amide bonds. The van der Waals surface area contributed by atoms with Gasteiger partial charge in [-0.2, -0.15) is 0 Å². The number of aliphatic hydroxyl groups is 1. The first-order valence-electron chi connectivity index (χ1n) is 7.21. The molecule has 0 aromatic carbocycles. The Balaban J connectivity index is 2.36. The van der Waals surface area contributed by atoms with E-state index in [-0.39, 0.29) is 12.2 Å². The normalized spacial score (nSPS) is 16.1. The summed E-state index contributed by atoms with van der Waals surface area (Å²) in [5.74, 6) is -0.966. The first-order valence-corrected chi connectivity index (χ1v) is 7.21. The van der Waals surface area contributed by atoms with Crippen molar-refractivity contribution < 1.29 is 15.0 Å². The lowest BCUT2D eigenvalue weighted by molar-refractivity contribution is 0.0696. The highest BCUT2D eigenvalue weighted by atomic mass is 16.4. The summed E-state index contributed by atoms with van der Waals surface area (Å²) in [5.41, 5.74) is 1.70. The van der Waals surface area contributed by atoms with Crippen molar-refractivity contribution in [2.24, 2.45) is 0 Å². The van der Waals surface area contributed by atoms with E-state index in [4.69, 9.17) is 0 Å². The second kappa shape index (κ2) is 6.70. The van der Waals surface area contributed by atoms with Gasteiger partial charge in [0.05, 0.1) is 12.3 Å². The van der Waals surface area contributed by atoms with Gasteiger partial charge in [0, 0.05) is 24.5 Å². The van der Waals surface area contributed by atoms with Gasteiger partial charge in [0.1, 0.15) is 5.56 Å². The number of aliphatic hydroxyl groups excluding tert-OH is 1. The van der Waals surface area contributed by atoms with Crippen LogP contribution >= 0.6 is 0 Å². The predicted octanol–water partition coefficient (Wildman–Crippen LogP) is 2.22. The number of aromatic carboxylic acids is 1. The van der Waals surface area contributed by atoms with Crippen molar-refractivity contribution in [2.45, 2.75) is 45.1 Å². The average Bonchev–Trinajstić information content (AvgIpc) is 2.45. The number of pyridine rings is 1. The van der Waals surface area contributed by atoms with E-state index in [9.17, 15) is 15.0 Å². The lowest BCUT2D eigenvalue weighted by Crippen LogP contribution is -2.39. The lowest BCUT2D eigenvalue weighted by Gasteiger charge is -2.36. The van der Waals surface area contributed by atoms with E-state index in [2.05, 4.69) is 9.88 Å². The Hall–Kier alpha value is -1.62. The molecule has 20 heavy (non-hydrogen) atoms. The monoisotopic (exact) mass is 278 g/mol. The summed E-state index contributed by atoms with van der Waals surface area (Å²) < 4.78 is 0. The standard InChI is InChI=1S/C15H22N2O3/c1-11-9-14(13(10-16-11)15(19)20)17(7-8-18)12-5-3-2-4-6-12/h9-10,12,18H,2-8H2,1H3,(H,19,20). The lowest BCUT2D eigenvalue weighted by atomic mass is 9.93. The van der Waals surface area contributed by atoms with Crippen LogP contribution in [0, 0.1) is 6.92 Å². The number of rotatable bonds is 5. The highest BCUT2D eigenvalue weighted by Gasteiger charge is 2.25. The molecule has 1 heterocycles. The number of carboxylic acid groups (broad SMARTS) is 1. The summed E-state index contributed by atoms with van der Waals surface area (Å²) in [6, 6.07) is 2.13. The molecule has 0 atom stereocenters. The fourth-order valence-corrected chi connectivity index (χ4v) is 2.95. The molecule has 2 rings (SSSR count). The van der Waals surface area contributed by atoms with Crippen LogP contribution in [0.25, 0.3) is 0 Å². The van der Waals surface area contributed by atoms with E-state index in [1.54, 1.807) is 0 Å². The van der Waals surface area contributed by atoms with Crippen LogP contribution in [0.3, 0.4) is 0 Å². The van der Waals surface area contributed by atoms with E-state index in [1.807, 2.05) is 13.0 Å². The van der Waals surface area contributed by atoms with Crippen LogP contribution in [0.1, 0.15) is 48.2 Å². The van der Waals surface area contributed by atoms with Gasteiger partial charge in [-0.05, 0) is 25.8 Å². The maximum Gasteiger partial charge on any atom is 0.339 e. The Kier molecular flexibility index (Phi) is 4.95. The predicted molar refractivity (Wildman–Crippen MR) is 77.2 cm³/mol. The minimum Gasteiger partial charge on any atom is -0.478 e. The first kappa shape index (κ1) is 14.8. The van der Waals surface area contributed by atoms with Crippen molar-refractivity contribution in [3.63, 3.8) is 0 Å². The largest absolute Gasteiger partial charge is 0.478 e. The smallest absolute Gasteiger partial charge is 0.339 e. The van der Waals surface area contributed by atoms with Gasteiger partial charge in [0.15, 0.2) is 0 Å². The third-order valence-corrected chi connectivity index (χ3v) is 3.92. The number of anilines is 1. The minimum absolute atomic E-state index is 0.0247. The van der Waals surface area contributed by atoms with E-state index in [0.717, 1.165) is 18.5 Å². The zero-order valence-electron chi connectivity index (χ0n) is 11.9. The second-order valence-electron chi connectivity index (χ2n) is 5.36. The fraction of sp³-hybridized carbons (Fsp3) is 0.600. The third kappa shape index (κ3) is 3.28. The number of carbonyl (C=O) groups is 1. The van der Waals surface area contributed by atoms with Gasteiger partial charge in [0.25, 0.3) is 0 Å². The van der Waals surface area contributed by atoms with Crippen molar-refractivity contribution >= 4 is 11.7 Å². The SMILES string of the molecule is Cc1cc(N(CCO)C2CCCCC2)c(C(=O)O)cn1. The molecule has 2 N–H and O–H groups in total. The molecule has 0 bridgehead atoms. The van der Waals surface area contributed by atoms with Crippen molar-refractivity contribution in [3.8, 4) is 0 Å². The summed E-state index contributed by atoms with van der Waals surface area (Å²) >= 11 is 0. The molecule has 1 fully saturated rings. The molecule has 0 saturated heterocycles. The van der Waals surface area contributed by atoms with Crippen LogP contribution in [0.5, 0.6) is 0 Å². The molecule has 1 aliphatic carbocycles. The Morgan fingerprint density at radius 3 is 2.70 bits per heavy atom. The highest BCUT2D eigenvalue weighted by Crippen LogP contribution is 2.29. The molecule has 5 nitrogen and oxygen atoms in total. The van der Waals surface area contributed by atoms with Crippen molar-refractivity contribution in [2.75, 3.05) is 18.1 Å². The van der Waals surface area contributed by atoms with Crippen molar-refractivity contribution in [3.05, 3.63) is 23.5 Å². The molecule has 0 radical (unpaired) electrons. The molecule has 1 aromatic rings. The van der Waals surface area contributed by atoms with Gasteiger partial charge in [-0.15, -0.1) is 0 Å². The average molecular weight is 278 g/mol. The number of nitrogens with zero attached hydrogens (tertiary/aromatic N) is 2. The highest BCUT2D eigenvalue weighted by molar-refractivity contribution is 5.94. The van der Waals surface area contributed by atoms with E-state index in [1.165, 1.54) is 25.5 Å². The molecular formula is C15H22N2O3. The third-order valence-electron chi connectivity index (χ3n) is 3.92. The summed E-state index contributed by atoms with van der Waals surface area (Å²) in [6.45, 7) is 2.35. The molecule has 110 valence electrons. The zero-order valence-corrected chi connectivity index (χ0v) is 11.9. The van der Waals surface area contributed by atoms with Crippen LogP contribution in [-0.2, 0) is 0 Å². The van der Waals surface area contributed by atoms with E-state index >= 15 is 0 Å². The number of aryl methyl sites for hydroxylation is 1. The molecule has 1 aromatic heterocycles. The zero-order chi connectivity index (χ0) is 14.5. The molecule has 0 spiro atoms. The summed E-state index contributed by atoms with van der Waals surface area (Å²) in [5, 5.41) is 18.7.